The highest BCUT2D eigenvalue weighted by Crippen LogP contribution is 2.31. The van der Waals surface area contributed by atoms with E-state index in [1.54, 1.807) is 7.11 Å². The second-order valence-corrected chi connectivity index (χ2v) is 7.21. The van der Waals surface area contributed by atoms with Gasteiger partial charge in [0.2, 0.25) is 0 Å². The van der Waals surface area contributed by atoms with Gasteiger partial charge in [-0.15, -0.1) is 6.58 Å². The molecule has 0 bridgehead atoms. The molecule has 1 fully saturated rings. The van der Waals surface area contributed by atoms with Crippen LogP contribution in [0.25, 0.3) is 10.9 Å². The van der Waals surface area contributed by atoms with E-state index >= 15 is 0 Å². The Labute approximate surface area is 150 Å². The molecule has 3 rings (SSSR count). The zero-order valence-electron chi connectivity index (χ0n) is 15.5. The fourth-order valence-electron chi connectivity index (χ4n) is 3.85. The van der Waals surface area contributed by atoms with Crippen LogP contribution in [-0.2, 0) is 0 Å². The highest BCUT2D eigenvalue weighted by atomic mass is 16.5. The molecule has 4 heteroatoms. The molecule has 0 radical (unpaired) electrons. The van der Waals surface area contributed by atoms with Crippen molar-refractivity contribution in [3.63, 3.8) is 0 Å². The van der Waals surface area contributed by atoms with Crippen LogP contribution in [0.5, 0.6) is 5.75 Å². The average Bonchev–Trinajstić information content (AvgIpc) is 2.66. The van der Waals surface area contributed by atoms with Crippen LogP contribution in [0.15, 0.2) is 43.1 Å². The first-order valence-corrected chi connectivity index (χ1v) is 9.10. The molecule has 0 amide bonds. The van der Waals surface area contributed by atoms with Gasteiger partial charge >= 0.3 is 0 Å². The largest absolute Gasteiger partial charge is 0.497 e. The molecule has 1 saturated heterocycles. The molecular formula is C21H29N3O. The van der Waals surface area contributed by atoms with E-state index in [4.69, 9.17) is 10.5 Å². The van der Waals surface area contributed by atoms with Gasteiger partial charge in [-0.25, -0.2) is 0 Å². The van der Waals surface area contributed by atoms with E-state index in [1.165, 1.54) is 6.42 Å². The summed E-state index contributed by atoms with van der Waals surface area (Å²) in [7, 11) is 1.68. The topological polar surface area (TPSA) is 51.4 Å². The minimum atomic E-state index is -0.0727. The Balaban J connectivity index is 1.88. The molecule has 1 aliphatic rings. The lowest BCUT2D eigenvalue weighted by Crippen LogP contribution is -2.47. The molecule has 1 aromatic heterocycles. The SMILES string of the molecule is C=CC1CN(C(C)C(N)c2ccnc3ccc(OC)cc23)CCC1C. The normalized spacial score (nSPS) is 24.0. The van der Waals surface area contributed by atoms with Crippen LogP contribution >= 0.6 is 0 Å². The number of nitrogens with two attached hydrogens (primary N) is 1. The Morgan fingerprint density at radius 3 is 2.92 bits per heavy atom. The standard InChI is InChI=1S/C21H29N3O/c1-5-16-13-24(11-9-14(16)2)15(3)21(22)18-8-10-23-20-7-6-17(25-4)12-19(18)20/h5-8,10,12,14-16,21H,1,9,11,13,22H2,2-4H3. The number of hydrogen-bond acceptors (Lipinski definition) is 4. The Hall–Kier alpha value is -1.91. The summed E-state index contributed by atoms with van der Waals surface area (Å²) in [5.41, 5.74) is 8.80. The van der Waals surface area contributed by atoms with Crippen LogP contribution in [0.1, 0.15) is 31.9 Å². The smallest absolute Gasteiger partial charge is 0.119 e. The molecule has 4 atom stereocenters. The summed E-state index contributed by atoms with van der Waals surface area (Å²) in [6, 6.07) is 8.19. The molecule has 1 aromatic carbocycles. The van der Waals surface area contributed by atoms with Crippen LogP contribution < -0.4 is 10.5 Å². The first-order valence-electron chi connectivity index (χ1n) is 9.10. The van der Waals surface area contributed by atoms with E-state index < -0.39 is 0 Å². The Kier molecular flexibility index (Phi) is 5.40. The van der Waals surface area contributed by atoms with E-state index in [9.17, 15) is 0 Å². The highest BCUT2D eigenvalue weighted by molar-refractivity contribution is 5.84. The zero-order valence-corrected chi connectivity index (χ0v) is 15.5. The van der Waals surface area contributed by atoms with E-state index in [-0.39, 0.29) is 12.1 Å². The van der Waals surface area contributed by atoms with Crippen molar-refractivity contribution in [1.82, 2.24) is 9.88 Å². The average molecular weight is 339 g/mol. The number of pyridine rings is 1. The first kappa shape index (κ1) is 17.9. The number of benzene rings is 1. The van der Waals surface area contributed by atoms with Gasteiger partial charge in [-0.2, -0.15) is 0 Å². The second kappa shape index (κ2) is 7.54. The summed E-state index contributed by atoms with van der Waals surface area (Å²) in [4.78, 5) is 6.97. The quantitative estimate of drug-likeness (QED) is 0.843. The molecule has 2 heterocycles. The minimum Gasteiger partial charge on any atom is -0.497 e. The van der Waals surface area contributed by atoms with Gasteiger partial charge in [0.1, 0.15) is 5.75 Å². The van der Waals surface area contributed by atoms with Gasteiger partial charge in [0.05, 0.1) is 12.6 Å². The van der Waals surface area contributed by atoms with Gasteiger partial charge in [-0.05, 0) is 61.6 Å². The minimum absolute atomic E-state index is 0.0727. The number of nitrogens with zero attached hydrogens (tertiary/aromatic N) is 2. The van der Waals surface area contributed by atoms with Gasteiger partial charge in [-0.3, -0.25) is 9.88 Å². The second-order valence-electron chi connectivity index (χ2n) is 7.21. The number of piperidine rings is 1. The lowest BCUT2D eigenvalue weighted by molar-refractivity contribution is 0.102. The van der Waals surface area contributed by atoms with Crippen LogP contribution in [0, 0.1) is 11.8 Å². The van der Waals surface area contributed by atoms with E-state index in [1.807, 2.05) is 30.5 Å². The summed E-state index contributed by atoms with van der Waals surface area (Å²) < 4.78 is 5.38. The van der Waals surface area contributed by atoms with Gasteiger partial charge in [0, 0.05) is 30.2 Å². The molecule has 0 spiro atoms. The Bertz CT molecular complexity index is 745. The van der Waals surface area contributed by atoms with Crippen LogP contribution in [0.4, 0.5) is 0 Å². The molecular weight excluding hydrogens is 310 g/mol. The summed E-state index contributed by atoms with van der Waals surface area (Å²) >= 11 is 0. The fraction of sp³-hybridized carbons (Fsp3) is 0.476. The van der Waals surface area contributed by atoms with Gasteiger partial charge in [0.15, 0.2) is 0 Å². The predicted molar refractivity (Wildman–Crippen MR) is 104 cm³/mol. The number of rotatable bonds is 5. The molecule has 4 nitrogen and oxygen atoms in total. The predicted octanol–water partition coefficient (Wildman–Crippen LogP) is 3.78. The first-order chi connectivity index (χ1) is 12.0. The highest BCUT2D eigenvalue weighted by Gasteiger charge is 2.30. The van der Waals surface area contributed by atoms with Crippen molar-refractivity contribution in [3.05, 3.63) is 48.7 Å². The van der Waals surface area contributed by atoms with Crippen LogP contribution in [0.2, 0.25) is 0 Å². The van der Waals surface area contributed by atoms with E-state index in [0.717, 1.165) is 35.3 Å². The summed E-state index contributed by atoms with van der Waals surface area (Å²) in [5.74, 6) is 2.07. The molecule has 134 valence electrons. The van der Waals surface area contributed by atoms with Crippen molar-refractivity contribution in [1.29, 1.82) is 0 Å². The number of hydrogen-bond donors (Lipinski definition) is 1. The van der Waals surface area contributed by atoms with E-state index in [2.05, 4.69) is 36.4 Å². The lowest BCUT2D eigenvalue weighted by Gasteiger charge is -2.41. The maximum absolute atomic E-state index is 6.71. The molecule has 25 heavy (non-hydrogen) atoms. The molecule has 1 aliphatic heterocycles. The molecule has 0 aliphatic carbocycles. The number of aromatic nitrogens is 1. The number of likely N-dealkylation sites (tertiary alicyclic amines) is 1. The number of ether oxygens (including phenoxy) is 1. The zero-order chi connectivity index (χ0) is 18.0. The van der Waals surface area contributed by atoms with Crippen molar-refractivity contribution in [3.8, 4) is 5.75 Å². The summed E-state index contributed by atoms with van der Waals surface area (Å²) in [5, 5.41) is 1.08. The van der Waals surface area contributed by atoms with Crippen LogP contribution in [-0.4, -0.2) is 36.1 Å². The van der Waals surface area contributed by atoms with Crippen molar-refractivity contribution in [2.45, 2.75) is 32.4 Å². The maximum atomic E-state index is 6.71. The van der Waals surface area contributed by atoms with Crippen molar-refractivity contribution in [2.24, 2.45) is 17.6 Å². The number of fused-ring (bicyclic) bond motifs is 1. The number of methoxy groups -OCH3 is 1. The third-order valence-electron chi connectivity index (χ3n) is 5.79. The lowest BCUT2D eigenvalue weighted by atomic mass is 9.85. The third kappa shape index (κ3) is 3.55. The fourth-order valence-corrected chi connectivity index (χ4v) is 3.85. The summed E-state index contributed by atoms with van der Waals surface area (Å²) in [6.07, 6.45) is 5.14. The van der Waals surface area contributed by atoms with Gasteiger partial charge < -0.3 is 10.5 Å². The van der Waals surface area contributed by atoms with Crippen molar-refractivity contribution < 1.29 is 4.74 Å². The van der Waals surface area contributed by atoms with E-state index in [0.29, 0.717) is 11.8 Å². The van der Waals surface area contributed by atoms with Crippen LogP contribution in [0.3, 0.4) is 0 Å². The molecule has 2 aromatic rings. The maximum Gasteiger partial charge on any atom is 0.119 e. The monoisotopic (exact) mass is 339 g/mol. The van der Waals surface area contributed by atoms with Crippen molar-refractivity contribution >= 4 is 10.9 Å². The van der Waals surface area contributed by atoms with Gasteiger partial charge in [-0.1, -0.05) is 13.0 Å². The Morgan fingerprint density at radius 2 is 2.20 bits per heavy atom. The Morgan fingerprint density at radius 1 is 1.40 bits per heavy atom. The van der Waals surface area contributed by atoms with Crippen molar-refractivity contribution in [2.75, 3.05) is 20.2 Å². The summed E-state index contributed by atoms with van der Waals surface area (Å²) in [6.45, 7) is 10.7. The molecule has 2 N–H and O–H groups in total. The molecule has 0 saturated carbocycles. The molecule has 4 unspecified atom stereocenters. The van der Waals surface area contributed by atoms with Gasteiger partial charge in [0.25, 0.3) is 0 Å². The third-order valence-corrected chi connectivity index (χ3v) is 5.79.